The Hall–Kier alpha value is -1.74. The maximum absolute atomic E-state index is 6.06. The number of nitrogens with zero attached hydrogens (tertiary/aromatic N) is 1. The van der Waals surface area contributed by atoms with E-state index in [1.807, 2.05) is 38.2 Å². The van der Waals surface area contributed by atoms with Gasteiger partial charge in [0, 0.05) is 13.1 Å². The standard InChI is InChI=1S/C13H13ClN2O/c1-9-3-4-12(14)13(5-9)17-11-6-10(15-2)7-16-8-11/h3-8,15H,1-2H3. The lowest BCUT2D eigenvalue weighted by molar-refractivity contribution is 0.480. The van der Waals surface area contributed by atoms with Crippen molar-refractivity contribution in [2.45, 2.75) is 6.92 Å². The van der Waals surface area contributed by atoms with E-state index in [-0.39, 0.29) is 0 Å². The third kappa shape index (κ3) is 2.88. The molecule has 0 atom stereocenters. The first-order valence-corrected chi connectivity index (χ1v) is 5.63. The summed E-state index contributed by atoms with van der Waals surface area (Å²) in [7, 11) is 1.83. The van der Waals surface area contributed by atoms with Crippen LogP contribution in [0.25, 0.3) is 0 Å². The summed E-state index contributed by atoms with van der Waals surface area (Å²) >= 11 is 6.06. The van der Waals surface area contributed by atoms with Gasteiger partial charge >= 0.3 is 0 Å². The topological polar surface area (TPSA) is 34.2 Å². The van der Waals surface area contributed by atoms with Crippen LogP contribution in [-0.4, -0.2) is 12.0 Å². The van der Waals surface area contributed by atoms with Gasteiger partial charge in [-0.15, -0.1) is 0 Å². The zero-order valence-corrected chi connectivity index (χ0v) is 10.5. The number of anilines is 1. The number of aryl methyl sites for hydroxylation is 1. The zero-order chi connectivity index (χ0) is 12.3. The van der Waals surface area contributed by atoms with E-state index in [1.165, 1.54) is 0 Å². The molecular weight excluding hydrogens is 236 g/mol. The fraction of sp³-hybridized carbons (Fsp3) is 0.154. The van der Waals surface area contributed by atoms with Crippen LogP contribution in [0.4, 0.5) is 5.69 Å². The van der Waals surface area contributed by atoms with Crippen LogP contribution >= 0.6 is 11.6 Å². The lowest BCUT2D eigenvalue weighted by atomic mass is 10.2. The Morgan fingerprint density at radius 1 is 1.24 bits per heavy atom. The van der Waals surface area contributed by atoms with Crippen molar-refractivity contribution >= 4 is 17.3 Å². The molecular formula is C13H13ClN2O. The minimum absolute atomic E-state index is 0.588. The first kappa shape index (κ1) is 11.7. The second-order valence-corrected chi connectivity index (χ2v) is 4.10. The second kappa shape index (κ2) is 5.06. The third-order valence-electron chi connectivity index (χ3n) is 2.32. The first-order valence-electron chi connectivity index (χ1n) is 5.26. The van der Waals surface area contributed by atoms with Crippen LogP contribution in [-0.2, 0) is 0 Å². The highest BCUT2D eigenvalue weighted by Crippen LogP contribution is 2.30. The largest absolute Gasteiger partial charge is 0.454 e. The van der Waals surface area contributed by atoms with Gasteiger partial charge < -0.3 is 10.1 Å². The summed E-state index contributed by atoms with van der Waals surface area (Å²) in [4.78, 5) is 4.07. The van der Waals surface area contributed by atoms with Gasteiger partial charge in [-0.1, -0.05) is 17.7 Å². The van der Waals surface area contributed by atoms with Crippen molar-refractivity contribution in [1.82, 2.24) is 4.98 Å². The fourth-order valence-corrected chi connectivity index (χ4v) is 1.58. The molecule has 2 rings (SSSR count). The maximum atomic E-state index is 6.06. The highest BCUT2D eigenvalue weighted by Gasteiger charge is 2.04. The van der Waals surface area contributed by atoms with Gasteiger partial charge in [-0.05, 0) is 24.6 Å². The van der Waals surface area contributed by atoms with Crippen LogP contribution < -0.4 is 10.1 Å². The smallest absolute Gasteiger partial charge is 0.147 e. The van der Waals surface area contributed by atoms with Gasteiger partial charge in [0.15, 0.2) is 0 Å². The van der Waals surface area contributed by atoms with Gasteiger partial charge in [-0.3, -0.25) is 4.98 Å². The van der Waals surface area contributed by atoms with Crippen molar-refractivity contribution in [3.8, 4) is 11.5 Å². The highest BCUT2D eigenvalue weighted by atomic mass is 35.5. The molecule has 1 aromatic carbocycles. The molecule has 0 fully saturated rings. The van der Waals surface area contributed by atoms with Crippen LogP contribution in [0.15, 0.2) is 36.7 Å². The summed E-state index contributed by atoms with van der Waals surface area (Å²) in [5.41, 5.74) is 1.99. The zero-order valence-electron chi connectivity index (χ0n) is 9.70. The monoisotopic (exact) mass is 248 g/mol. The molecule has 0 amide bonds. The van der Waals surface area contributed by atoms with E-state index in [0.717, 1.165) is 11.3 Å². The van der Waals surface area contributed by atoms with Gasteiger partial charge in [-0.2, -0.15) is 0 Å². The second-order valence-electron chi connectivity index (χ2n) is 3.70. The molecule has 4 heteroatoms. The van der Waals surface area contributed by atoms with Crippen molar-refractivity contribution in [1.29, 1.82) is 0 Å². The molecule has 0 bridgehead atoms. The fourth-order valence-electron chi connectivity index (χ4n) is 1.43. The van der Waals surface area contributed by atoms with Gasteiger partial charge in [0.2, 0.25) is 0 Å². The van der Waals surface area contributed by atoms with E-state index in [0.29, 0.717) is 16.5 Å². The van der Waals surface area contributed by atoms with Gasteiger partial charge in [0.05, 0.1) is 23.1 Å². The predicted octanol–water partition coefficient (Wildman–Crippen LogP) is 3.88. The van der Waals surface area contributed by atoms with Crippen molar-refractivity contribution in [2.24, 2.45) is 0 Å². The molecule has 0 aliphatic heterocycles. The molecule has 0 saturated carbocycles. The normalized spacial score (nSPS) is 10.1. The third-order valence-corrected chi connectivity index (χ3v) is 2.63. The molecule has 0 unspecified atom stereocenters. The van der Waals surface area contributed by atoms with Gasteiger partial charge in [0.1, 0.15) is 11.5 Å². The first-order chi connectivity index (χ1) is 8.19. The average Bonchev–Trinajstić information content (AvgIpc) is 2.34. The summed E-state index contributed by atoms with van der Waals surface area (Å²) in [6, 6.07) is 7.53. The Morgan fingerprint density at radius 2 is 2.06 bits per heavy atom. The lowest BCUT2D eigenvalue weighted by Gasteiger charge is -2.09. The molecule has 1 aromatic heterocycles. The number of halogens is 1. The van der Waals surface area contributed by atoms with Crippen LogP contribution in [0.3, 0.4) is 0 Å². The lowest BCUT2D eigenvalue weighted by Crippen LogP contribution is -1.91. The summed E-state index contributed by atoms with van der Waals surface area (Å²) in [5.74, 6) is 1.30. The summed E-state index contributed by atoms with van der Waals surface area (Å²) < 4.78 is 5.70. The van der Waals surface area contributed by atoms with Gasteiger partial charge in [-0.25, -0.2) is 0 Å². The Labute approximate surface area is 105 Å². The van der Waals surface area contributed by atoms with Crippen LogP contribution in [0.1, 0.15) is 5.56 Å². The van der Waals surface area contributed by atoms with Crippen molar-refractivity contribution < 1.29 is 4.74 Å². The Bertz CT molecular complexity index is 529. The predicted molar refractivity (Wildman–Crippen MR) is 70.0 cm³/mol. The highest BCUT2D eigenvalue weighted by molar-refractivity contribution is 6.32. The number of nitrogens with one attached hydrogen (secondary N) is 1. The molecule has 2 aromatic rings. The number of pyridine rings is 1. The number of hydrogen-bond donors (Lipinski definition) is 1. The molecule has 0 saturated heterocycles. The number of ether oxygens (including phenoxy) is 1. The molecule has 0 radical (unpaired) electrons. The summed E-state index contributed by atoms with van der Waals surface area (Å²) in [6.07, 6.45) is 3.38. The molecule has 1 N–H and O–H groups in total. The molecule has 0 aliphatic carbocycles. The van der Waals surface area contributed by atoms with E-state index in [9.17, 15) is 0 Å². The minimum atomic E-state index is 0.588. The summed E-state index contributed by atoms with van der Waals surface area (Å²) in [6.45, 7) is 1.99. The van der Waals surface area contributed by atoms with E-state index in [4.69, 9.17) is 16.3 Å². The average molecular weight is 249 g/mol. The Morgan fingerprint density at radius 3 is 2.82 bits per heavy atom. The van der Waals surface area contributed by atoms with Gasteiger partial charge in [0.25, 0.3) is 0 Å². The van der Waals surface area contributed by atoms with E-state index in [1.54, 1.807) is 12.4 Å². The quantitative estimate of drug-likeness (QED) is 0.895. The number of rotatable bonds is 3. The Kier molecular flexibility index (Phi) is 3.49. The maximum Gasteiger partial charge on any atom is 0.147 e. The molecule has 1 heterocycles. The van der Waals surface area contributed by atoms with E-state index >= 15 is 0 Å². The number of benzene rings is 1. The van der Waals surface area contributed by atoms with Crippen molar-refractivity contribution in [3.05, 3.63) is 47.2 Å². The van der Waals surface area contributed by atoms with Crippen molar-refractivity contribution in [2.75, 3.05) is 12.4 Å². The number of hydrogen-bond acceptors (Lipinski definition) is 3. The molecule has 88 valence electrons. The van der Waals surface area contributed by atoms with Crippen LogP contribution in [0, 0.1) is 6.92 Å². The molecule has 3 nitrogen and oxygen atoms in total. The van der Waals surface area contributed by atoms with Crippen LogP contribution in [0.2, 0.25) is 5.02 Å². The molecule has 0 aliphatic rings. The SMILES string of the molecule is CNc1cncc(Oc2cc(C)ccc2Cl)c1. The Balaban J connectivity index is 2.27. The number of aromatic nitrogens is 1. The molecule has 0 spiro atoms. The summed E-state index contributed by atoms with van der Waals surface area (Å²) in [5, 5.41) is 3.59. The van der Waals surface area contributed by atoms with E-state index in [2.05, 4.69) is 10.3 Å². The minimum Gasteiger partial charge on any atom is -0.454 e. The van der Waals surface area contributed by atoms with Crippen molar-refractivity contribution in [3.63, 3.8) is 0 Å². The van der Waals surface area contributed by atoms with E-state index < -0.39 is 0 Å². The van der Waals surface area contributed by atoms with Crippen LogP contribution in [0.5, 0.6) is 11.5 Å². The molecule has 17 heavy (non-hydrogen) atoms.